The highest BCUT2D eigenvalue weighted by atomic mass is 35.5. The average molecular weight is 366 g/mol. The molecule has 2 aromatic carbocycles. The Morgan fingerprint density at radius 1 is 1.20 bits per heavy atom. The summed E-state index contributed by atoms with van der Waals surface area (Å²) in [4.78, 5) is 24.2. The summed E-state index contributed by atoms with van der Waals surface area (Å²) >= 11 is 5.90. The van der Waals surface area contributed by atoms with Crippen molar-refractivity contribution < 1.29 is 23.5 Å². The summed E-state index contributed by atoms with van der Waals surface area (Å²) in [5, 5.41) is 3.09. The third kappa shape index (κ3) is 4.70. The van der Waals surface area contributed by atoms with Crippen LogP contribution in [0.15, 0.2) is 36.4 Å². The van der Waals surface area contributed by atoms with Gasteiger partial charge in [-0.25, -0.2) is 9.18 Å². The Bertz CT molecular complexity index is 810. The molecule has 0 unspecified atom stereocenters. The van der Waals surface area contributed by atoms with E-state index >= 15 is 0 Å². The number of methoxy groups -OCH3 is 1. The highest BCUT2D eigenvalue weighted by Crippen LogP contribution is 2.21. The second kappa shape index (κ2) is 7.98. The number of carbonyl (C=O) groups is 2. The molecular weight excluding hydrogens is 349 g/mol. The van der Waals surface area contributed by atoms with Gasteiger partial charge in [0.1, 0.15) is 11.6 Å². The van der Waals surface area contributed by atoms with Crippen LogP contribution in [-0.4, -0.2) is 25.1 Å². The average Bonchev–Trinajstić information content (AvgIpc) is 2.57. The Labute approximate surface area is 149 Å². The van der Waals surface area contributed by atoms with Gasteiger partial charge < -0.3 is 14.8 Å². The maximum atomic E-state index is 13.9. The van der Waals surface area contributed by atoms with E-state index in [0.717, 1.165) is 11.6 Å². The number of aryl methyl sites for hydroxylation is 1. The van der Waals surface area contributed by atoms with Gasteiger partial charge in [-0.3, -0.25) is 4.79 Å². The summed E-state index contributed by atoms with van der Waals surface area (Å²) in [5.41, 5.74) is 1.04. The quantitative estimate of drug-likeness (QED) is 0.814. The monoisotopic (exact) mass is 365 g/mol. The number of nitrogens with one attached hydrogen (secondary N) is 1. The zero-order valence-corrected chi connectivity index (χ0v) is 14.7. The Hall–Kier alpha value is -2.60. The number of anilines is 1. The van der Waals surface area contributed by atoms with Gasteiger partial charge in [0.25, 0.3) is 5.91 Å². The molecule has 0 bridgehead atoms. The predicted molar refractivity (Wildman–Crippen MR) is 92.6 cm³/mol. The van der Waals surface area contributed by atoms with E-state index in [0.29, 0.717) is 10.7 Å². The highest BCUT2D eigenvalue weighted by Gasteiger charge is 2.22. The zero-order chi connectivity index (χ0) is 18.6. The molecule has 7 heteroatoms. The molecule has 25 heavy (non-hydrogen) atoms. The first-order chi connectivity index (χ1) is 11.8. The van der Waals surface area contributed by atoms with Crippen LogP contribution in [0.1, 0.15) is 22.8 Å². The summed E-state index contributed by atoms with van der Waals surface area (Å²) in [6, 6.07) is 8.77. The maximum absolute atomic E-state index is 13.9. The number of hydrogen-bond donors (Lipinski definition) is 1. The topological polar surface area (TPSA) is 64.6 Å². The molecule has 0 saturated heterocycles. The van der Waals surface area contributed by atoms with Crippen molar-refractivity contribution in [1.82, 2.24) is 0 Å². The number of halogens is 2. The van der Waals surface area contributed by atoms with Gasteiger partial charge in [-0.05, 0) is 43.7 Å². The summed E-state index contributed by atoms with van der Waals surface area (Å²) in [5.74, 6) is -2.00. The number of benzene rings is 2. The molecule has 0 aliphatic carbocycles. The molecule has 0 fully saturated rings. The summed E-state index contributed by atoms with van der Waals surface area (Å²) in [6.45, 7) is 3.20. The van der Waals surface area contributed by atoms with Gasteiger partial charge in [0.2, 0.25) is 0 Å². The summed E-state index contributed by atoms with van der Waals surface area (Å²) in [7, 11) is 1.39. The molecule has 5 nitrogen and oxygen atoms in total. The zero-order valence-electron chi connectivity index (χ0n) is 13.9. The molecule has 1 amide bonds. The third-order valence-electron chi connectivity index (χ3n) is 3.51. The van der Waals surface area contributed by atoms with Crippen LogP contribution in [0.3, 0.4) is 0 Å². The van der Waals surface area contributed by atoms with Crippen LogP contribution in [-0.2, 0) is 9.53 Å². The van der Waals surface area contributed by atoms with E-state index in [-0.39, 0.29) is 11.3 Å². The smallest absolute Gasteiger partial charge is 0.341 e. The lowest BCUT2D eigenvalue weighted by atomic mass is 10.2. The standard InChI is InChI=1S/C18H17ClFNO4/c1-10-4-5-12(19)8-16(10)21-17(22)11(2)25-18(23)14-7-6-13(24-3)9-15(14)20/h4-9,11H,1-3H3,(H,21,22)/t11-/m0/s1. The van der Waals surface area contributed by atoms with Crippen LogP contribution in [0.4, 0.5) is 10.1 Å². The minimum Gasteiger partial charge on any atom is -0.497 e. The van der Waals surface area contributed by atoms with Crippen molar-refractivity contribution in [1.29, 1.82) is 0 Å². The van der Waals surface area contributed by atoms with Crippen molar-refractivity contribution in [3.63, 3.8) is 0 Å². The van der Waals surface area contributed by atoms with Crippen molar-refractivity contribution >= 4 is 29.2 Å². The first-order valence-electron chi connectivity index (χ1n) is 7.43. The van der Waals surface area contributed by atoms with Gasteiger partial charge in [0.15, 0.2) is 6.10 Å². The number of rotatable bonds is 5. The minimum atomic E-state index is -1.12. The molecular formula is C18H17ClFNO4. The third-order valence-corrected chi connectivity index (χ3v) is 3.74. The molecule has 0 heterocycles. The molecule has 2 rings (SSSR count). The van der Waals surface area contributed by atoms with Gasteiger partial charge in [-0.1, -0.05) is 17.7 Å². The molecule has 0 aliphatic rings. The van der Waals surface area contributed by atoms with E-state index in [4.69, 9.17) is 21.1 Å². The minimum absolute atomic E-state index is 0.274. The second-order valence-corrected chi connectivity index (χ2v) is 5.78. The fourth-order valence-corrected chi connectivity index (χ4v) is 2.20. The van der Waals surface area contributed by atoms with E-state index in [1.54, 1.807) is 25.1 Å². The highest BCUT2D eigenvalue weighted by molar-refractivity contribution is 6.31. The Morgan fingerprint density at radius 3 is 2.56 bits per heavy atom. The molecule has 0 saturated carbocycles. The van der Waals surface area contributed by atoms with E-state index in [2.05, 4.69) is 5.32 Å². The van der Waals surface area contributed by atoms with Crippen molar-refractivity contribution in [2.45, 2.75) is 20.0 Å². The summed E-state index contributed by atoms with van der Waals surface area (Å²) in [6.07, 6.45) is -1.12. The largest absolute Gasteiger partial charge is 0.497 e. The van der Waals surface area contributed by atoms with Crippen molar-refractivity contribution in [2.75, 3.05) is 12.4 Å². The van der Waals surface area contributed by atoms with Crippen LogP contribution in [0.25, 0.3) is 0 Å². The van der Waals surface area contributed by atoms with Gasteiger partial charge in [0, 0.05) is 16.8 Å². The van der Waals surface area contributed by atoms with Crippen molar-refractivity contribution in [3.8, 4) is 5.75 Å². The van der Waals surface area contributed by atoms with Crippen molar-refractivity contribution in [2.24, 2.45) is 0 Å². The van der Waals surface area contributed by atoms with E-state index in [9.17, 15) is 14.0 Å². The molecule has 2 aromatic rings. The number of esters is 1. The molecule has 0 radical (unpaired) electrons. The lowest BCUT2D eigenvalue weighted by Crippen LogP contribution is -2.30. The van der Waals surface area contributed by atoms with E-state index in [1.807, 2.05) is 0 Å². The first kappa shape index (κ1) is 18.7. The molecule has 0 aliphatic heterocycles. The first-order valence-corrected chi connectivity index (χ1v) is 7.81. The van der Waals surface area contributed by atoms with Crippen LogP contribution >= 0.6 is 11.6 Å². The van der Waals surface area contributed by atoms with Crippen LogP contribution < -0.4 is 10.1 Å². The number of ether oxygens (including phenoxy) is 2. The van der Waals surface area contributed by atoms with Gasteiger partial charge in [-0.15, -0.1) is 0 Å². The van der Waals surface area contributed by atoms with Gasteiger partial charge in [0.05, 0.1) is 12.7 Å². The SMILES string of the molecule is COc1ccc(C(=O)O[C@@H](C)C(=O)Nc2cc(Cl)ccc2C)c(F)c1. The fourth-order valence-electron chi connectivity index (χ4n) is 2.03. The van der Waals surface area contributed by atoms with Crippen LogP contribution in [0.5, 0.6) is 5.75 Å². The van der Waals surface area contributed by atoms with Crippen LogP contribution in [0.2, 0.25) is 5.02 Å². The van der Waals surface area contributed by atoms with Crippen LogP contribution in [0, 0.1) is 12.7 Å². The number of carbonyl (C=O) groups excluding carboxylic acids is 2. The molecule has 132 valence electrons. The van der Waals surface area contributed by atoms with Gasteiger partial charge >= 0.3 is 5.97 Å². The van der Waals surface area contributed by atoms with Crippen molar-refractivity contribution in [3.05, 3.63) is 58.4 Å². The van der Waals surface area contributed by atoms with E-state index < -0.39 is 23.8 Å². The predicted octanol–water partition coefficient (Wildman–Crippen LogP) is 3.98. The molecule has 1 atom stereocenters. The Balaban J connectivity index is 2.05. The Morgan fingerprint density at radius 2 is 1.92 bits per heavy atom. The molecule has 0 aromatic heterocycles. The fraction of sp³-hybridized carbons (Fsp3) is 0.222. The lowest BCUT2D eigenvalue weighted by Gasteiger charge is -2.15. The summed E-state index contributed by atoms with van der Waals surface area (Å²) < 4.78 is 23.8. The Kier molecular flexibility index (Phi) is 5.98. The van der Waals surface area contributed by atoms with E-state index in [1.165, 1.54) is 26.2 Å². The molecule has 1 N–H and O–H groups in total. The number of amides is 1. The second-order valence-electron chi connectivity index (χ2n) is 5.34. The molecule has 0 spiro atoms. The number of hydrogen-bond acceptors (Lipinski definition) is 4. The maximum Gasteiger partial charge on any atom is 0.341 e. The lowest BCUT2D eigenvalue weighted by molar-refractivity contribution is -0.123. The van der Waals surface area contributed by atoms with Gasteiger partial charge in [-0.2, -0.15) is 0 Å². The normalized spacial score (nSPS) is 11.6.